The monoisotopic (exact) mass is 396 g/mol. The molecule has 1 heterocycles. The minimum atomic E-state index is -0.723. The number of hydrogen-bond acceptors (Lipinski definition) is 4. The number of carbonyl (C=O) groups is 2. The number of aryl methyl sites for hydroxylation is 1. The third-order valence-electron chi connectivity index (χ3n) is 4.19. The topological polar surface area (TPSA) is 100 Å². The van der Waals surface area contributed by atoms with Gasteiger partial charge in [-0.15, -0.1) is 4.68 Å². The molecule has 1 amide bonds. The molecule has 148 valence electrons. The highest BCUT2D eigenvalue weighted by molar-refractivity contribution is 5.95. The van der Waals surface area contributed by atoms with Crippen LogP contribution in [0.1, 0.15) is 32.0 Å². The Balaban J connectivity index is 1.93. The van der Waals surface area contributed by atoms with Crippen LogP contribution in [-0.2, 0) is 6.54 Å². The first-order valence-corrected chi connectivity index (χ1v) is 8.76. The van der Waals surface area contributed by atoms with Gasteiger partial charge in [0, 0.05) is 17.4 Å². The lowest BCUT2D eigenvalue weighted by atomic mass is 10.1. The summed E-state index contributed by atoms with van der Waals surface area (Å²) in [5, 5.41) is 8.99. The third kappa shape index (κ3) is 4.52. The van der Waals surface area contributed by atoms with Gasteiger partial charge < -0.3 is 5.32 Å². The molecule has 0 saturated carbocycles. The first kappa shape index (κ1) is 19.9. The van der Waals surface area contributed by atoms with Crippen LogP contribution in [0.3, 0.4) is 0 Å². The number of rotatable bonds is 6. The fourth-order valence-corrected chi connectivity index (χ4v) is 2.60. The molecule has 2 N–H and O–H groups in total. The van der Waals surface area contributed by atoms with Crippen molar-refractivity contribution in [1.82, 2.24) is 15.3 Å². The average molecular weight is 396 g/mol. The quantitative estimate of drug-likeness (QED) is 0.370. The number of aromatic nitrogens is 3. The maximum absolute atomic E-state index is 13.0. The van der Waals surface area contributed by atoms with Crippen LogP contribution in [-0.4, -0.2) is 35.0 Å². The first-order valence-electron chi connectivity index (χ1n) is 8.76. The van der Waals surface area contributed by atoms with Crippen LogP contribution in [0.4, 0.5) is 4.39 Å². The Kier molecular flexibility index (Phi) is 5.77. The largest absolute Gasteiger partial charge is 0.432 e. The summed E-state index contributed by atoms with van der Waals surface area (Å²) >= 11 is 0. The fraction of sp³-hybridized carbons (Fsp3) is 0.150. The number of Topliss-reactive ketones (excluding diaryl/α,β-unsaturated/α-hetero) is 1. The molecule has 0 spiro atoms. The number of benzene rings is 2. The van der Waals surface area contributed by atoms with Gasteiger partial charge in [-0.05, 0) is 24.6 Å². The molecule has 0 fully saturated rings. The second-order valence-corrected chi connectivity index (χ2v) is 6.32. The van der Waals surface area contributed by atoms with E-state index in [0.29, 0.717) is 11.1 Å². The molecule has 29 heavy (non-hydrogen) atoms. The van der Waals surface area contributed by atoms with E-state index in [1.807, 2.05) is 6.92 Å². The zero-order valence-corrected chi connectivity index (χ0v) is 15.8. The Morgan fingerprint density at radius 2 is 1.83 bits per heavy atom. The number of aromatic amines is 1. The summed E-state index contributed by atoms with van der Waals surface area (Å²) in [5.41, 5.74) is 1.03. The molecule has 3 rings (SSSR count). The molecule has 0 aliphatic rings. The molecule has 0 aliphatic carbocycles. The van der Waals surface area contributed by atoms with Gasteiger partial charge in [0.2, 0.25) is 5.78 Å². The van der Waals surface area contributed by atoms with E-state index < -0.39 is 17.3 Å². The maximum Gasteiger partial charge on any atom is 0.432 e. The zero-order valence-electron chi connectivity index (χ0n) is 15.8. The van der Waals surface area contributed by atoms with Crippen molar-refractivity contribution in [2.45, 2.75) is 13.5 Å². The van der Waals surface area contributed by atoms with E-state index in [1.165, 1.54) is 37.5 Å². The SMILES string of the molecule is CNC(=O)c1c(=O)n(/N=C\c2ccc(F)cc2)[nH][n+]1CC(=O)c1ccc(C)cc1. The van der Waals surface area contributed by atoms with Gasteiger partial charge in [-0.3, -0.25) is 9.59 Å². The van der Waals surface area contributed by atoms with E-state index in [-0.39, 0.29) is 18.0 Å². The summed E-state index contributed by atoms with van der Waals surface area (Å²) in [7, 11) is 1.38. The number of nitrogens with zero attached hydrogens (tertiary/aromatic N) is 3. The van der Waals surface area contributed by atoms with Crippen molar-refractivity contribution in [2.75, 3.05) is 7.05 Å². The van der Waals surface area contributed by atoms with Crippen LogP contribution in [0.15, 0.2) is 58.4 Å². The molecule has 0 radical (unpaired) electrons. The third-order valence-corrected chi connectivity index (χ3v) is 4.19. The Bertz CT molecular complexity index is 1130. The van der Waals surface area contributed by atoms with E-state index in [0.717, 1.165) is 15.0 Å². The standard InChI is InChI=1S/C20H18FN5O3/c1-13-3-7-15(8-4-13)17(27)12-25-18(19(28)22-2)20(29)26(24-25)23-11-14-5-9-16(21)10-6-14/h3-11H,12H2,1-2H3,(H-,22,24,28,29)/p+1/b23-11-. The van der Waals surface area contributed by atoms with Gasteiger partial charge in [0.15, 0.2) is 6.54 Å². The number of amides is 1. The summed E-state index contributed by atoms with van der Waals surface area (Å²) in [6.07, 6.45) is 1.33. The molecule has 0 aliphatic heterocycles. The van der Waals surface area contributed by atoms with Crippen molar-refractivity contribution in [3.05, 3.63) is 87.1 Å². The van der Waals surface area contributed by atoms with Gasteiger partial charge in [-0.2, -0.15) is 0 Å². The lowest BCUT2D eigenvalue weighted by Gasteiger charge is -2.00. The molecule has 0 saturated heterocycles. The molecule has 0 unspecified atom stereocenters. The summed E-state index contributed by atoms with van der Waals surface area (Å²) in [4.78, 5) is 38.2. The van der Waals surface area contributed by atoms with Crippen LogP contribution >= 0.6 is 0 Å². The number of hydrogen-bond donors (Lipinski definition) is 2. The van der Waals surface area contributed by atoms with Crippen molar-refractivity contribution in [3.8, 4) is 0 Å². The second kappa shape index (κ2) is 8.42. The number of ketones is 1. The van der Waals surface area contributed by atoms with E-state index in [1.54, 1.807) is 24.3 Å². The van der Waals surface area contributed by atoms with Crippen LogP contribution in [0.5, 0.6) is 0 Å². The summed E-state index contributed by atoms with van der Waals surface area (Å²) in [6.45, 7) is 1.66. The van der Waals surface area contributed by atoms with E-state index in [9.17, 15) is 18.8 Å². The highest BCUT2D eigenvalue weighted by Crippen LogP contribution is 2.04. The Labute approximate surface area is 165 Å². The van der Waals surface area contributed by atoms with Crippen molar-refractivity contribution in [1.29, 1.82) is 0 Å². The van der Waals surface area contributed by atoms with Crippen LogP contribution in [0.2, 0.25) is 0 Å². The van der Waals surface area contributed by atoms with Crippen LogP contribution in [0.25, 0.3) is 0 Å². The minimum Gasteiger partial charge on any atom is -0.352 e. The van der Waals surface area contributed by atoms with Crippen molar-refractivity contribution < 1.29 is 18.7 Å². The van der Waals surface area contributed by atoms with E-state index in [2.05, 4.69) is 15.6 Å². The Morgan fingerprint density at radius 3 is 2.45 bits per heavy atom. The number of H-pyrrole nitrogens is 1. The van der Waals surface area contributed by atoms with Gasteiger partial charge in [0.05, 0.1) is 6.21 Å². The highest BCUT2D eigenvalue weighted by atomic mass is 19.1. The second-order valence-electron chi connectivity index (χ2n) is 6.32. The molecule has 9 heteroatoms. The first-order chi connectivity index (χ1) is 13.9. The summed E-state index contributed by atoms with van der Waals surface area (Å²) in [6, 6.07) is 12.5. The fourth-order valence-electron chi connectivity index (χ4n) is 2.60. The normalized spacial score (nSPS) is 11.0. The molecular formula is C20H19FN5O3+. The van der Waals surface area contributed by atoms with Gasteiger partial charge in [-0.1, -0.05) is 52.3 Å². The summed E-state index contributed by atoms with van der Waals surface area (Å²) < 4.78 is 14.1. The molecule has 0 atom stereocenters. The molecule has 0 bridgehead atoms. The summed E-state index contributed by atoms with van der Waals surface area (Å²) in [5.74, 6) is -1.33. The number of nitrogens with one attached hydrogen (secondary N) is 2. The van der Waals surface area contributed by atoms with Gasteiger partial charge in [0.1, 0.15) is 5.82 Å². The average Bonchev–Trinajstić information content (AvgIpc) is 3.02. The molecule has 1 aromatic heterocycles. The molecule has 2 aromatic carbocycles. The van der Waals surface area contributed by atoms with Gasteiger partial charge in [-0.25, -0.2) is 9.18 Å². The van der Waals surface area contributed by atoms with Crippen LogP contribution in [0, 0.1) is 12.7 Å². The predicted molar refractivity (Wildman–Crippen MR) is 104 cm³/mol. The lowest BCUT2D eigenvalue weighted by molar-refractivity contribution is -0.744. The minimum absolute atomic E-state index is 0.250. The van der Waals surface area contributed by atoms with Gasteiger partial charge in [0.25, 0.3) is 0 Å². The Morgan fingerprint density at radius 1 is 1.17 bits per heavy atom. The molecule has 8 nitrogen and oxygen atoms in total. The molecule has 3 aromatic rings. The van der Waals surface area contributed by atoms with E-state index >= 15 is 0 Å². The van der Waals surface area contributed by atoms with Crippen molar-refractivity contribution >= 4 is 17.9 Å². The van der Waals surface area contributed by atoms with Crippen molar-refractivity contribution in [3.63, 3.8) is 0 Å². The smallest absolute Gasteiger partial charge is 0.352 e. The molecular weight excluding hydrogens is 377 g/mol. The number of carbonyl (C=O) groups excluding carboxylic acids is 2. The van der Waals surface area contributed by atoms with Crippen LogP contribution < -0.4 is 15.6 Å². The Hall–Kier alpha value is -3.88. The maximum atomic E-state index is 13.0. The highest BCUT2D eigenvalue weighted by Gasteiger charge is 2.29. The van der Waals surface area contributed by atoms with Crippen molar-refractivity contribution in [2.24, 2.45) is 5.10 Å². The predicted octanol–water partition coefficient (Wildman–Crippen LogP) is 1.04. The lowest BCUT2D eigenvalue weighted by Crippen LogP contribution is -2.48. The van der Waals surface area contributed by atoms with Gasteiger partial charge >= 0.3 is 17.2 Å². The zero-order chi connectivity index (χ0) is 21.0. The number of halogens is 1. The van der Waals surface area contributed by atoms with E-state index in [4.69, 9.17) is 0 Å².